The number of aromatic hydroxyl groups is 1. The Kier molecular flexibility index (Phi) is 8.37. The fraction of sp³-hybridized carbons (Fsp3) is 0.520. The number of ether oxygens (including phenoxy) is 1. The van der Waals surface area contributed by atoms with Crippen LogP contribution in [0.25, 0.3) is 0 Å². The fourth-order valence-corrected chi connectivity index (χ4v) is 4.06. The lowest BCUT2D eigenvalue weighted by atomic mass is 9.84. The maximum Gasteiger partial charge on any atom is 0.122 e. The molecule has 0 saturated carbocycles. The van der Waals surface area contributed by atoms with Crippen LogP contribution in [0.4, 0.5) is 0 Å². The van der Waals surface area contributed by atoms with Crippen molar-refractivity contribution in [2.24, 2.45) is 0 Å². The third-order valence-corrected chi connectivity index (χ3v) is 5.46. The van der Waals surface area contributed by atoms with E-state index in [0.717, 1.165) is 36.3 Å². The molecule has 2 aromatic carbocycles. The Morgan fingerprint density at radius 1 is 0.964 bits per heavy atom. The minimum absolute atomic E-state index is 0.131. The van der Waals surface area contributed by atoms with E-state index in [2.05, 4.69) is 70.7 Å². The summed E-state index contributed by atoms with van der Waals surface area (Å²) in [7, 11) is 0. The van der Waals surface area contributed by atoms with Gasteiger partial charge in [-0.2, -0.15) is 0 Å². The second-order valence-electron chi connectivity index (χ2n) is 8.15. The highest BCUT2D eigenvalue weighted by Crippen LogP contribution is 2.40. The molecule has 0 aromatic heterocycles. The quantitative estimate of drug-likeness (QED) is 0.535. The Morgan fingerprint density at radius 3 is 2.18 bits per heavy atom. The van der Waals surface area contributed by atoms with Crippen LogP contribution in [0.1, 0.15) is 70.1 Å². The Balaban J connectivity index is 2.43. The summed E-state index contributed by atoms with van der Waals surface area (Å²) >= 11 is 0. The normalized spacial score (nSPS) is 12.8. The number of benzene rings is 2. The van der Waals surface area contributed by atoms with Crippen LogP contribution in [-0.2, 0) is 0 Å². The molecule has 1 unspecified atom stereocenters. The predicted octanol–water partition coefficient (Wildman–Crippen LogP) is 6.13. The molecule has 154 valence electrons. The first-order valence-corrected chi connectivity index (χ1v) is 10.6. The van der Waals surface area contributed by atoms with Crippen molar-refractivity contribution in [3.05, 3.63) is 59.2 Å². The Labute approximate surface area is 171 Å². The number of phenols is 1. The summed E-state index contributed by atoms with van der Waals surface area (Å²) in [5.74, 6) is 1.36. The van der Waals surface area contributed by atoms with E-state index in [9.17, 15) is 5.11 Å². The molecule has 0 aliphatic carbocycles. The van der Waals surface area contributed by atoms with Crippen LogP contribution >= 0.6 is 0 Å². The number of rotatable bonds is 10. The molecule has 0 spiro atoms. The topological polar surface area (TPSA) is 32.7 Å². The van der Waals surface area contributed by atoms with Gasteiger partial charge in [-0.15, -0.1) is 0 Å². The molecule has 1 N–H and O–H groups in total. The maximum absolute atomic E-state index is 10.8. The number of phenolic OH excluding ortho intramolecular Hbond substituents is 1. The lowest BCUT2D eigenvalue weighted by molar-refractivity contribution is 0.170. The van der Waals surface area contributed by atoms with Gasteiger partial charge in [0.2, 0.25) is 0 Å². The van der Waals surface area contributed by atoms with Crippen LogP contribution in [0.5, 0.6) is 11.5 Å². The van der Waals surface area contributed by atoms with Gasteiger partial charge in [0.25, 0.3) is 0 Å². The first-order chi connectivity index (χ1) is 13.4. The second kappa shape index (κ2) is 10.5. The highest BCUT2D eigenvalue weighted by molar-refractivity contribution is 5.52. The largest absolute Gasteiger partial charge is 0.508 e. The molecule has 0 radical (unpaired) electrons. The standard InChI is InChI=1S/C25H37NO2/c1-7-17-28-24-14-13-23(27)25(20(24)6)22(21-11-9-8-10-12-21)15-16-26(18(2)3)19(4)5/h8-14,18-19,22,27H,7,15-17H2,1-6H3. The molecule has 0 saturated heterocycles. The molecule has 2 rings (SSSR count). The van der Waals surface area contributed by atoms with Crippen LogP contribution in [0, 0.1) is 6.92 Å². The molecule has 28 heavy (non-hydrogen) atoms. The van der Waals surface area contributed by atoms with Crippen molar-refractivity contribution in [3.8, 4) is 11.5 Å². The maximum atomic E-state index is 10.8. The second-order valence-corrected chi connectivity index (χ2v) is 8.15. The van der Waals surface area contributed by atoms with Crippen molar-refractivity contribution < 1.29 is 9.84 Å². The zero-order chi connectivity index (χ0) is 20.7. The van der Waals surface area contributed by atoms with E-state index in [-0.39, 0.29) is 5.92 Å². The summed E-state index contributed by atoms with van der Waals surface area (Å²) in [6, 6.07) is 15.2. The summed E-state index contributed by atoms with van der Waals surface area (Å²) in [5, 5.41) is 10.8. The molecule has 0 amide bonds. The molecule has 3 nitrogen and oxygen atoms in total. The minimum Gasteiger partial charge on any atom is -0.508 e. The van der Waals surface area contributed by atoms with Crippen molar-refractivity contribution >= 4 is 0 Å². The van der Waals surface area contributed by atoms with E-state index in [1.54, 1.807) is 6.07 Å². The Morgan fingerprint density at radius 2 is 1.61 bits per heavy atom. The highest BCUT2D eigenvalue weighted by atomic mass is 16.5. The average molecular weight is 384 g/mol. The van der Waals surface area contributed by atoms with Crippen LogP contribution < -0.4 is 4.74 Å². The fourth-order valence-electron chi connectivity index (χ4n) is 4.06. The molecule has 0 aliphatic heterocycles. The molecule has 0 fully saturated rings. The van der Waals surface area contributed by atoms with Gasteiger partial charge in [-0.05, 0) is 77.3 Å². The Bertz CT molecular complexity index is 717. The summed E-state index contributed by atoms with van der Waals surface area (Å²) < 4.78 is 5.95. The smallest absolute Gasteiger partial charge is 0.122 e. The average Bonchev–Trinajstić information content (AvgIpc) is 2.66. The van der Waals surface area contributed by atoms with E-state index >= 15 is 0 Å². The number of hydrogen-bond donors (Lipinski definition) is 1. The van der Waals surface area contributed by atoms with Crippen molar-refractivity contribution in [2.45, 2.75) is 72.4 Å². The van der Waals surface area contributed by atoms with Gasteiger partial charge in [0.15, 0.2) is 0 Å². The first kappa shape index (κ1) is 22.3. The van der Waals surface area contributed by atoms with Gasteiger partial charge in [0.05, 0.1) is 6.61 Å². The molecule has 0 heterocycles. The van der Waals surface area contributed by atoms with Gasteiger partial charge in [0.1, 0.15) is 11.5 Å². The Hall–Kier alpha value is -2.00. The van der Waals surface area contributed by atoms with Gasteiger partial charge in [0, 0.05) is 23.6 Å². The van der Waals surface area contributed by atoms with Gasteiger partial charge >= 0.3 is 0 Å². The van der Waals surface area contributed by atoms with Crippen molar-refractivity contribution in [2.75, 3.05) is 13.2 Å². The summed E-state index contributed by atoms with van der Waals surface area (Å²) in [6.45, 7) is 14.8. The molecular formula is C25H37NO2. The molecule has 0 aliphatic rings. The lowest BCUT2D eigenvalue weighted by Crippen LogP contribution is -2.38. The zero-order valence-electron chi connectivity index (χ0n) is 18.4. The van der Waals surface area contributed by atoms with Crippen LogP contribution in [-0.4, -0.2) is 35.2 Å². The molecule has 3 heteroatoms. The van der Waals surface area contributed by atoms with Crippen molar-refractivity contribution in [1.82, 2.24) is 4.90 Å². The van der Waals surface area contributed by atoms with E-state index in [0.29, 0.717) is 24.4 Å². The molecular weight excluding hydrogens is 346 g/mol. The van der Waals surface area contributed by atoms with Crippen molar-refractivity contribution in [3.63, 3.8) is 0 Å². The van der Waals surface area contributed by atoms with E-state index in [1.807, 2.05) is 12.1 Å². The monoisotopic (exact) mass is 383 g/mol. The lowest BCUT2D eigenvalue weighted by Gasteiger charge is -2.32. The SMILES string of the molecule is CCCOc1ccc(O)c(C(CCN(C(C)C)C(C)C)c2ccccc2)c1C. The molecule has 1 atom stereocenters. The zero-order valence-corrected chi connectivity index (χ0v) is 18.4. The highest BCUT2D eigenvalue weighted by Gasteiger charge is 2.24. The van der Waals surface area contributed by atoms with Crippen LogP contribution in [0.2, 0.25) is 0 Å². The molecule has 0 bridgehead atoms. The minimum atomic E-state index is 0.131. The van der Waals surface area contributed by atoms with Crippen LogP contribution in [0.3, 0.4) is 0 Å². The van der Waals surface area contributed by atoms with Gasteiger partial charge < -0.3 is 9.84 Å². The van der Waals surface area contributed by atoms with Gasteiger partial charge in [-0.25, -0.2) is 0 Å². The van der Waals surface area contributed by atoms with Gasteiger partial charge in [-0.3, -0.25) is 4.90 Å². The summed E-state index contributed by atoms with van der Waals surface area (Å²) in [5.41, 5.74) is 3.27. The number of nitrogens with zero attached hydrogens (tertiary/aromatic N) is 1. The third kappa shape index (κ3) is 5.51. The van der Waals surface area contributed by atoms with E-state index < -0.39 is 0 Å². The van der Waals surface area contributed by atoms with Crippen molar-refractivity contribution in [1.29, 1.82) is 0 Å². The summed E-state index contributed by atoms with van der Waals surface area (Å²) in [6.07, 6.45) is 1.92. The number of hydrogen-bond acceptors (Lipinski definition) is 3. The predicted molar refractivity (Wildman–Crippen MR) is 119 cm³/mol. The third-order valence-electron chi connectivity index (χ3n) is 5.46. The van der Waals surface area contributed by atoms with Crippen LogP contribution in [0.15, 0.2) is 42.5 Å². The van der Waals surface area contributed by atoms with E-state index in [4.69, 9.17) is 4.74 Å². The molecule has 2 aromatic rings. The van der Waals surface area contributed by atoms with Gasteiger partial charge in [-0.1, -0.05) is 37.3 Å². The first-order valence-electron chi connectivity index (χ1n) is 10.6. The van der Waals surface area contributed by atoms with E-state index in [1.165, 1.54) is 5.56 Å². The summed E-state index contributed by atoms with van der Waals surface area (Å²) in [4.78, 5) is 2.51.